The Labute approximate surface area is 92.2 Å². The lowest BCUT2D eigenvalue weighted by molar-refractivity contribution is -0.144. The highest BCUT2D eigenvalue weighted by Gasteiger charge is 2.32. The maximum absolute atomic E-state index is 11.9. The highest BCUT2D eigenvalue weighted by molar-refractivity contribution is 6.21. The third-order valence-electron chi connectivity index (χ3n) is 2.21. The molecule has 0 amide bonds. The van der Waals surface area contributed by atoms with Gasteiger partial charge in [-0.1, -0.05) is 0 Å². The van der Waals surface area contributed by atoms with E-state index in [4.69, 9.17) is 4.74 Å². The number of rotatable bonds is 2. The third-order valence-corrected chi connectivity index (χ3v) is 2.21. The molecule has 82 valence electrons. The number of aliphatic imine (C=N–C) groups is 1. The molecule has 1 aliphatic rings. The van der Waals surface area contributed by atoms with Crippen LogP contribution in [0.15, 0.2) is 23.3 Å². The number of pyridine rings is 1. The van der Waals surface area contributed by atoms with E-state index in [1.165, 1.54) is 12.4 Å². The van der Waals surface area contributed by atoms with E-state index < -0.39 is 11.9 Å². The smallest absolute Gasteiger partial charge is 0.322 e. The second kappa shape index (κ2) is 4.22. The van der Waals surface area contributed by atoms with Gasteiger partial charge < -0.3 is 4.74 Å². The number of Topliss-reactive ketones (excluding diaryl/α,β-unsaturated/α-hetero) is 1. The average Bonchev–Trinajstić information content (AvgIpc) is 2.30. The van der Waals surface area contributed by atoms with Crippen molar-refractivity contribution in [1.82, 2.24) is 4.98 Å². The molecule has 0 N–H and O–H groups in total. The molecule has 1 aromatic heterocycles. The highest BCUT2D eigenvalue weighted by Crippen LogP contribution is 2.24. The minimum Gasteiger partial charge on any atom is -0.465 e. The van der Waals surface area contributed by atoms with E-state index in [2.05, 4.69) is 9.98 Å². The number of ketones is 1. The van der Waals surface area contributed by atoms with Gasteiger partial charge in [-0.25, -0.2) is 0 Å². The van der Waals surface area contributed by atoms with Gasteiger partial charge in [0.1, 0.15) is 5.69 Å². The molecule has 0 spiro atoms. The SMILES string of the molecule is CCOC(=O)C1C=Nc2cccnc2C1=O. The van der Waals surface area contributed by atoms with E-state index in [0.717, 1.165) is 0 Å². The van der Waals surface area contributed by atoms with Gasteiger partial charge in [0.25, 0.3) is 0 Å². The van der Waals surface area contributed by atoms with Crippen LogP contribution in [0.1, 0.15) is 17.4 Å². The average molecular weight is 218 g/mol. The summed E-state index contributed by atoms with van der Waals surface area (Å²) in [6, 6.07) is 3.37. The molecular weight excluding hydrogens is 208 g/mol. The molecule has 0 saturated carbocycles. The van der Waals surface area contributed by atoms with Gasteiger partial charge in [-0.05, 0) is 19.1 Å². The summed E-state index contributed by atoms with van der Waals surface area (Å²) in [5.41, 5.74) is 0.719. The van der Waals surface area contributed by atoms with Crippen LogP contribution in [0, 0.1) is 5.92 Å². The van der Waals surface area contributed by atoms with Crippen molar-refractivity contribution in [1.29, 1.82) is 0 Å². The molecule has 1 atom stereocenters. The Bertz CT molecular complexity index is 468. The van der Waals surface area contributed by atoms with Crippen molar-refractivity contribution < 1.29 is 14.3 Å². The molecule has 0 radical (unpaired) electrons. The van der Waals surface area contributed by atoms with E-state index in [-0.39, 0.29) is 18.1 Å². The number of nitrogens with zero attached hydrogens (tertiary/aromatic N) is 2. The van der Waals surface area contributed by atoms with Crippen LogP contribution in [0.25, 0.3) is 0 Å². The van der Waals surface area contributed by atoms with Gasteiger partial charge in [-0.3, -0.25) is 19.6 Å². The second-order valence-corrected chi connectivity index (χ2v) is 3.24. The molecule has 5 nitrogen and oxygen atoms in total. The summed E-state index contributed by atoms with van der Waals surface area (Å²) in [5.74, 6) is -1.89. The van der Waals surface area contributed by atoms with Crippen molar-refractivity contribution in [2.45, 2.75) is 6.92 Å². The van der Waals surface area contributed by atoms with E-state index in [1.54, 1.807) is 19.1 Å². The highest BCUT2D eigenvalue weighted by atomic mass is 16.5. The Balaban J connectivity index is 2.31. The zero-order valence-corrected chi connectivity index (χ0v) is 8.71. The van der Waals surface area contributed by atoms with Crippen molar-refractivity contribution in [2.75, 3.05) is 6.61 Å². The summed E-state index contributed by atoms with van der Waals surface area (Å²) in [7, 11) is 0. The first kappa shape index (κ1) is 10.5. The van der Waals surface area contributed by atoms with E-state index in [1.807, 2.05) is 0 Å². The lowest BCUT2D eigenvalue weighted by Gasteiger charge is -2.14. The fourth-order valence-electron chi connectivity index (χ4n) is 1.46. The van der Waals surface area contributed by atoms with Crippen molar-refractivity contribution >= 4 is 23.7 Å². The fraction of sp³-hybridized carbons (Fsp3) is 0.273. The molecule has 0 aromatic carbocycles. The fourth-order valence-corrected chi connectivity index (χ4v) is 1.46. The van der Waals surface area contributed by atoms with E-state index >= 15 is 0 Å². The van der Waals surface area contributed by atoms with Crippen molar-refractivity contribution in [3.05, 3.63) is 24.0 Å². The largest absolute Gasteiger partial charge is 0.465 e. The standard InChI is InChI=1S/C11H10N2O3/c1-2-16-11(15)7-6-13-8-4-3-5-12-9(8)10(7)14/h3-7H,2H2,1H3. The molecule has 1 unspecified atom stereocenters. The summed E-state index contributed by atoms with van der Waals surface area (Å²) >= 11 is 0. The van der Waals surface area contributed by atoms with Gasteiger partial charge in [0.05, 0.1) is 12.3 Å². The van der Waals surface area contributed by atoms with Gasteiger partial charge in [-0.15, -0.1) is 0 Å². The normalized spacial score (nSPS) is 18.1. The van der Waals surface area contributed by atoms with Crippen molar-refractivity contribution in [2.24, 2.45) is 10.9 Å². The monoisotopic (exact) mass is 218 g/mol. The van der Waals surface area contributed by atoms with Crippen LogP contribution in [0.4, 0.5) is 5.69 Å². The van der Waals surface area contributed by atoms with Crippen LogP contribution >= 0.6 is 0 Å². The number of esters is 1. The molecule has 2 rings (SSSR count). The van der Waals surface area contributed by atoms with Gasteiger partial charge >= 0.3 is 5.97 Å². The molecule has 0 saturated heterocycles. The van der Waals surface area contributed by atoms with E-state index in [9.17, 15) is 9.59 Å². The van der Waals surface area contributed by atoms with Gasteiger partial charge in [0.15, 0.2) is 5.92 Å². The number of aromatic nitrogens is 1. The molecular formula is C11H10N2O3. The second-order valence-electron chi connectivity index (χ2n) is 3.24. The molecule has 1 aromatic rings. The zero-order valence-electron chi connectivity index (χ0n) is 8.71. The number of hydrogen-bond acceptors (Lipinski definition) is 5. The minimum absolute atomic E-state index is 0.225. The van der Waals surface area contributed by atoms with Gasteiger partial charge in [0, 0.05) is 12.4 Å². The Morgan fingerprint density at radius 1 is 1.56 bits per heavy atom. The molecule has 0 aliphatic carbocycles. The maximum Gasteiger partial charge on any atom is 0.322 e. The predicted molar refractivity (Wildman–Crippen MR) is 56.8 cm³/mol. The molecule has 0 bridgehead atoms. The lowest BCUT2D eigenvalue weighted by atomic mass is 9.99. The molecule has 16 heavy (non-hydrogen) atoms. The first-order chi connectivity index (χ1) is 7.74. The molecule has 0 fully saturated rings. The van der Waals surface area contributed by atoms with Crippen molar-refractivity contribution in [3.63, 3.8) is 0 Å². The summed E-state index contributed by atoms with van der Waals surface area (Å²) in [5, 5.41) is 0. The maximum atomic E-state index is 11.9. The van der Waals surface area contributed by atoms with Crippen LogP contribution in [0.5, 0.6) is 0 Å². The number of hydrogen-bond donors (Lipinski definition) is 0. The Morgan fingerprint density at radius 2 is 2.38 bits per heavy atom. The molecule has 5 heteroatoms. The van der Waals surface area contributed by atoms with E-state index in [0.29, 0.717) is 5.69 Å². The third kappa shape index (κ3) is 1.71. The Morgan fingerprint density at radius 3 is 3.12 bits per heavy atom. The molecule has 1 aliphatic heterocycles. The lowest BCUT2D eigenvalue weighted by Crippen LogP contribution is -2.30. The van der Waals surface area contributed by atoms with Crippen LogP contribution < -0.4 is 0 Å². The minimum atomic E-state index is -0.956. The zero-order chi connectivity index (χ0) is 11.5. The van der Waals surface area contributed by atoms with Crippen LogP contribution in [0.3, 0.4) is 0 Å². The van der Waals surface area contributed by atoms with Crippen LogP contribution in [0.2, 0.25) is 0 Å². The first-order valence-electron chi connectivity index (χ1n) is 4.94. The van der Waals surface area contributed by atoms with Crippen LogP contribution in [-0.4, -0.2) is 29.6 Å². The van der Waals surface area contributed by atoms with Gasteiger partial charge in [0.2, 0.25) is 5.78 Å². The number of carbonyl (C=O) groups excluding carboxylic acids is 2. The van der Waals surface area contributed by atoms with Crippen molar-refractivity contribution in [3.8, 4) is 0 Å². The Kier molecular flexibility index (Phi) is 2.76. The number of fused-ring (bicyclic) bond motifs is 1. The quantitative estimate of drug-likeness (QED) is 0.551. The summed E-state index contributed by atoms with van der Waals surface area (Å²) in [6.45, 7) is 1.93. The molecule has 2 heterocycles. The summed E-state index contributed by atoms with van der Waals surface area (Å²) in [6.07, 6.45) is 2.81. The predicted octanol–water partition coefficient (Wildman–Crippen LogP) is 1.16. The summed E-state index contributed by atoms with van der Waals surface area (Å²) in [4.78, 5) is 31.3. The number of ether oxygens (including phenoxy) is 1. The number of carbonyl (C=O) groups is 2. The summed E-state index contributed by atoms with van der Waals surface area (Å²) < 4.78 is 4.79. The Hall–Kier alpha value is -2.04. The topological polar surface area (TPSA) is 68.6 Å². The van der Waals surface area contributed by atoms with Gasteiger partial charge in [-0.2, -0.15) is 0 Å². The van der Waals surface area contributed by atoms with Crippen LogP contribution in [-0.2, 0) is 9.53 Å². The first-order valence-corrected chi connectivity index (χ1v) is 4.94.